The molecule has 90 valence electrons. The van der Waals surface area contributed by atoms with Crippen LogP contribution in [0.25, 0.3) is 0 Å². The molecule has 1 unspecified atom stereocenters. The predicted molar refractivity (Wildman–Crippen MR) is 64.2 cm³/mol. The first kappa shape index (κ1) is 11.6. The van der Waals surface area contributed by atoms with Crippen LogP contribution in [0.4, 0.5) is 0 Å². The van der Waals surface area contributed by atoms with Crippen LogP contribution in [-0.2, 0) is 4.79 Å². The smallest absolute Gasteiger partial charge is 0.239 e. The number of nitrogens with one attached hydrogen (secondary N) is 1. The van der Waals surface area contributed by atoms with E-state index in [1.54, 1.807) is 0 Å². The number of hydrogen-bond acceptors (Lipinski definition) is 3. The van der Waals surface area contributed by atoms with Gasteiger partial charge in [-0.05, 0) is 19.4 Å². The Hall–Kier alpha value is -0.870. The van der Waals surface area contributed by atoms with Crippen LogP contribution in [0, 0.1) is 0 Å². The average Bonchev–Trinajstić information content (AvgIpc) is 2.83. The summed E-state index contributed by atoms with van der Waals surface area (Å²) in [5.41, 5.74) is 0. The van der Waals surface area contributed by atoms with Crippen LogP contribution in [0.2, 0.25) is 0 Å². The molecule has 0 aromatic carbocycles. The number of rotatable bonds is 3. The zero-order valence-electron chi connectivity index (χ0n) is 9.82. The van der Waals surface area contributed by atoms with Crippen molar-refractivity contribution in [1.82, 2.24) is 15.1 Å². The highest BCUT2D eigenvalue weighted by atomic mass is 16.2. The van der Waals surface area contributed by atoms with Crippen LogP contribution in [0.1, 0.15) is 12.8 Å². The fraction of sp³-hybridized carbons (Fsp3) is 0.750. The molecule has 1 N–H and O–H groups in total. The molecule has 0 saturated carbocycles. The van der Waals surface area contributed by atoms with Gasteiger partial charge in [-0.1, -0.05) is 6.08 Å². The SMILES string of the molecule is C=CCN1CCN(C(=O)C2CCCN2)CC1. The average molecular weight is 223 g/mol. The second-order valence-electron chi connectivity index (χ2n) is 4.56. The molecule has 4 nitrogen and oxygen atoms in total. The number of nitrogens with zero attached hydrogens (tertiary/aromatic N) is 2. The van der Waals surface area contributed by atoms with Crippen molar-refractivity contribution < 1.29 is 4.79 Å². The molecule has 2 saturated heterocycles. The molecule has 0 aromatic heterocycles. The molecular weight excluding hydrogens is 202 g/mol. The summed E-state index contributed by atoms with van der Waals surface area (Å²) in [6.07, 6.45) is 4.06. The van der Waals surface area contributed by atoms with Gasteiger partial charge in [-0.2, -0.15) is 0 Å². The third kappa shape index (κ3) is 2.62. The Labute approximate surface area is 97.3 Å². The van der Waals surface area contributed by atoms with Gasteiger partial charge in [0, 0.05) is 32.7 Å². The largest absolute Gasteiger partial charge is 0.339 e. The maximum absolute atomic E-state index is 12.1. The van der Waals surface area contributed by atoms with Gasteiger partial charge in [0.15, 0.2) is 0 Å². The van der Waals surface area contributed by atoms with Crippen molar-refractivity contribution in [2.75, 3.05) is 39.3 Å². The van der Waals surface area contributed by atoms with Crippen LogP contribution in [0.15, 0.2) is 12.7 Å². The molecule has 2 rings (SSSR count). The Morgan fingerprint density at radius 1 is 1.38 bits per heavy atom. The Morgan fingerprint density at radius 3 is 2.69 bits per heavy atom. The van der Waals surface area contributed by atoms with Crippen molar-refractivity contribution in [2.45, 2.75) is 18.9 Å². The van der Waals surface area contributed by atoms with Gasteiger partial charge in [0.05, 0.1) is 6.04 Å². The molecule has 0 radical (unpaired) electrons. The minimum absolute atomic E-state index is 0.0888. The third-order valence-corrected chi connectivity index (χ3v) is 3.43. The van der Waals surface area contributed by atoms with E-state index in [0.717, 1.165) is 52.1 Å². The predicted octanol–water partition coefficient (Wildman–Crippen LogP) is 0.0686. The Balaban J connectivity index is 1.79. The lowest BCUT2D eigenvalue weighted by molar-refractivity contribution is -0.134. The molecule has 0 bridgehead atoms. The first-order valence-corrected chi connectivity index (χ1v) is 6.16. The molecular formula is C12H21N3O. The number of amides is 1. The molecule has 2 aliphatic rings. The minimum Gasteiger partial charge on any atom is -0.339 e. The summed E-state index contributed by atoms with van der Waals surface area (Å²) < 4.78 is 0. The van der Waals surface area contributed by atoms with E-state index in [4.69, 9.17) is 0 Å². The van der Waals surface area contributed by atoms with Crippen LogP contribution in [0.5, 0.6) is 0 Å². The van der Waals surface area contributed by atoms with Crippen LogP contribution < -0.4 is 5.32 Å². The van der Waals surface area contributed by atoms with E-state index < -0.39 is 0 Å². The molecule has 0 aromatic rings. The monoisotopic (exact) mass is 223 g/mol. The first-order valence-electron chi connectivity index (χ1n) is 6.16. The fourth-order valence-electron chi connectivity index (χ4n) is 2.45. The van der Waals surface area contributed by atoms with Gasteiger partial charge in [0.25, 0.3) is 0 Å². The standard InChI is InChI=1S/C12H21N3O/c1-2-6-14-7-9-15(10-8-14)12(16)11-4-3-5-13-11/h2,11,13H,1,3-10H2. The van der Waals surface area contributed by atoms with Crippen molar-refractivity contribution in [2.24, 2.45) is 0 Å². The van der Waals surface area contributed by atoms with E-state index in [1.807, 2.05) is 11.0 Å². The number of carbonyl (C=O) groups excluding carboxylic acids is 1. The highest BCUT2D eigenvalue weighted by Crippen LogP contribution is 2.10. The van der Waals surface area contributed by atoms with E-state index in [0.29, 0.717) is 5.91 Å². The van der Waals surface area contributed by atoms with Crippen LogP contribution in [-0.4, -0.2) is 61.0 Å². The lowest BCUT2D eigenvalue weighted by Gasteiger charge is -2.35. The Bertz CT molecular complexity index is 253. The quantitative estimate of drug-likeness (QED) is 0.688. The second kappa shape index (κ2) is 5.46. The van der Waals surface area contributed by atoms with Gasteiger partial charge in [0.2, 0.25) is 5.91 Å². The van der Waals surface area contributed by atoms with Crippen LogP contribution >= 0.6 is 0 Å². The Kier molecular flexibility index (Phi) is 3.96. The molecule has 2 fully saturated rings. The van der Waals surface area contributed by atoms with Crippen LogP contribution in [0.3, 0.4) is 0 Å². The molecule has 0 aliphatic carbocycles. The maximum atomic E-state index is 12.1. The molecule has 1 atom stereocenters. The summed E-state index contributed by atoms with van der Waals surface area (Å²) in [6, 6.07) is 0.0888. The molecule has 2 heterocycles. The fourth-order valence-corrected chi connectivity index (χ4v) is 2.45. The maximum Gasteiger partial charge on any atom is 0.239 e. The van der Waals surface area contributed by atoms with Gasteiger partial charge in [-0.3, -0.25) is 9.69 Å². The van der Waals surface area contributed by atoms with Crippen molar-refractivity contribution in [1.29, 1.82) is 0 Å². The summed E-state index contributed by atoms with van der Waals surface area (Å²) in [5, 5.41) is 3.27. The van der Waals surface area contributed by atoms with E-state index in [1.165, 1.54) is 0 Å². The molecule has 2 aliphatic heterocycles. The zero-order valence-corrected chi connectivity index (χ0v) is 9.82. The molecule has 0 spiro atoms. The van der Waals surface area contributed by atoms with Gasteiger partial charge in [-0.25, -0.2) is 0 Å². The second-order valence-corrected chi connectivity index (χ2v) is 4.56. The van der Waals surface area contributed by atoms with Crippen molar-refractivity contribution in [3.05, 3.63) is 12.7 Å². The summed E-state index contributed by atoms with van der Waals surface area (Å²) in [4.78, 5) is 16.4. The van der Waals surface area contributed by atoms with Crippen molar-refractivity contribution in [3.63, 3.8) is 0 Å². The molecule has 1 amide bonds. The summed E-state index contributed by atoms with van der Waals surface area (Å²) in [7, 11) is 0. The third-order valence-electron chi connectivity index (χ3n) is 3.43. The summed E-state index contributed by atoms with van der Waals surface area (Å²) in [5.74, 6) is 0.302. The number of carbonyl (C=O) groups is 1. The van der Waals surface area contributed by atoms with Gasteiger partial charge >= 0.3 is 0 Å². The lowest BCUT2D eigenvalue weighted by atomic mass is 10.2. The molecule has 16 heavy (non-hydrogen) atoms. The normalized spacial score (nSPS) is 27.0. The minimum atomic E-state index is 0.0888. The van der Waals surface area contributed by atoms with Gasteiger partial charge in [-0.15, -0.1) is 6.58 Å². The van der Waals surface area contributed by atoms with Gasteiger partial charge < -0.3 is 10.2 Å². The summed E-state index contributed by atoms with van der Waals surface area (Å²) >= 11 is 0. The summed E-state index contributed by atoms with van der Waals surface area (Å²) in [6.45, 7) is 9.35. The van der Waals surface area contributed by atoms with E-state index >= 15 is 0 Å². The molecule has 4 heteroatoms. The van der Waals surface area contributed by atoms with Gasteiger partial charge in [0.1, 0.15) is 0 Å². The Morgan fingerprint density at radius 2 is 2.12 bits per heavy atom. The zero-order chi connectivity index (χ0) is 11.4. The topological polar surface area (TPSA) is 35.6 Å². The van der Waals surface area contributed by atoms with E-state index in [9.17, 15) is 4.79 Å². The van der Waals surface area contributed by atoms with Crippen molar-refractivity contribution in [3.8, 4) is 0 Å². The lowest BCUT2D eigenvalue weighted by Crippen LogP contribution is -2.52. The van der Waals surface area contributed by atoms with E-state index in [2.05, 4.69) is 16.8 Å². The highest BCUT2D eigenvalue weighted by molar-refractivity contribution is 5.82. The van der Waals surface area contributed by atoms with E-state index in [-0.39, 0.29) is 6.04 Å². The number of piperazine rings is 1. The van der Waals surface area contributed by atoms with Crippen molar-refractivity contribution >= 4 is 5.91 Å². The highest BCUT2D eigenvalue weighted by Gasteiger charge is 2.28. The number of hydrogen-bond donors (Lipinski definition) is 1. The first-order chi connectivity index (χ1) is 7.81.